The summed E-state index contributed by atoms with van der Waals surface area (Å²) in [5.74, 6) is -3.55. The van der Waals surface area contributed by atoms with E-state index in [0.717, 1.165) is 60.1 Å². The van der Waals surface area contributed by atoms with Crippen molar-refractivity contribution in [3.63, 3.8) is 0 Å². The zero-order chi connectivity index (χ0) is 81.9. The molecule has 1 aliphatic rings. The smallest absolute Gasteiger partial charge is 0.883 e. The molecule has 580 valence electrons. The normalized spacial score (nSPS) is 12.5. The zero-order valence-corrected chi connectivity index (χ0v) is 75.9. The van der Waals surface area contributed by atoms with Gasteiger partial charge in [0.05, 0.1) is 62.6 Å². The fourth-order valence-electron chi connectivity index (χ4n) is 10.3. The predicted molar refractivity (Wildman–Crippen MR) is 439 cm³/mol. The van der Waals surface area contributed by atoms with Crippen LogP contribution < -0.4 is 84.5 Å². The standard InChI is InChI=1S/C20H21NO4S2.2C19H19NO4S2.C10H13ClO2S.C10H9NO2S.C2H3N.2Na/c1-20(2,3)13-9-11-14(12-10-13)27(23,24)21-17-15-7-5-6-8-16(15)26-18(17)19(22)25-4;2*1-19(2,3)12-8-10-13(11-9-12)26(23,24)20-16-14-6-4-5-7-15(14)25-17(16)18(21)22;1-10(2,3)8-4-6-9(7-5-8)14(11,12)13;1-13-10(12)9-8(11)6-4-2-3-5-7(6)14-9;1-2-3;;/h5-12,21H,1-4H3;4-11,21-22H,1-3H3;4-11,20H,1-3H3,(H,21,22);4-7H,1-3H3;2-5H,11H2,1H3;1H3;;/q;;;;;;2*+1/p-2. The van der Waals surface area contributed by atoms with E-state index >= 15 is 0 Å². The van der Waals surface area contributed by atoms with Crippen LogP contribution in [0.1, 0.15) is 147 Å². The number of rotatable bonds is 12. The van der Waals surface area contributed by atoms with Crippen LogP contribution in [0.5, 0.6) is 0 Å². The number of carboxylic acid groups (broad SMARTS) is 1. The van der Waals surface area contributed by atoms with Gasteiger partial charge in [-0.05, 0) is 117 Å². The Morgan fingerprint density at radius 2 is 0.795 bits per heavy atom. The predicted octanol–water partition coefficient (Wildman–Crippen LogP) is 11.4. The Balaban J connectivity index is 0.000000253. The van der Waals surface area contributed by atoms with Gasteiger partial charge < -0.3 is 30.5 Å². The first-order valence-electron chi connectivity index (χ1n) is 33.3. The number of methoxy groups -OCH3 is 2. The quantitative estimate of drug-likeness (QED) is 0.0382. The van der Waals surface area contributed by atoms with Gasteiger partial charge in [0, 0.05) is 63.2 Å². The van der Waals surface area contributed by atoms with E-state index in [1.807, 2.05) is 90.1 Å². The largest absolute Gasteiger partial charge is 1.00 e. The van der Waals surface area contributed by atoms with Gasteiger partial charge in [-0.3, -0.25) is 9.44 Å². The molecule has 8 aromatic carbocycles. The summed E-state index contributed by atoms with van der Waals surface area (Å²) in [7, 11) is -7.57. The summed E-state index contributed by atoms with van der Waals surface area (Å²) in [6.07, 6.45) is 0. The molecular weight excluding hydrogens is 1620 g/mol. The maximum absolute atomic E-state index is 12.9. The number of hydrogen-bond donors (Lipinski definition) is 4. The van der Waals surface area contributed by atoms with E-state index in [1.165, 1.54) is 80.2 Å². The molecule has 0 saturated carbocycles. The van der Waals surface area contributed by atoms with E-state index in [-0.39, 0.29) is 138 Å². The van der Waals surface area contributed by atoms with Gasteiger partial charge >= 0.3 is 77.0 Å². The number of allylic oxidation sites excluding steroid dienone is 1. The average Bonchev–Trinajstić information content (AvgIpc) is 1.59. The first-order valence-corrected chi connectivity index (χ1v) is 43.3. The van der Waals surface area contributed by atoms with E-state index in [1.54, 1.807) is 115 Å². The molecule has 0 atom stereocenters. The van der Waals surface area contributed by atoms with Crippen molar-refractivity contribution in [1.29, 1.82) is 5.26 Å². The molecule has 11 aromatic rings. The number of fused-ring (bicyclic) bond motifs is 4. The van der Waals surface area contributed by atoms with Crippen LogP contribution in [-0.4, -0.2) is 76.6 Å². The Hall–Kier alpha value is -7.61. The van der Waals surface area contributed by atoms with E-state index in [0.29, 0.717) is 36.5 Å². The van der Waals surface area contributed by atoms with Crippen molar-refractivity contribution in [3.8, 4) is 6.07 Å². The number of nitrogens with one attached hydrogen (secondary N) is 2. The number of benzene rings is 8. The molecule has 0 fully saturated rings. The fraction of sp³-hybridized carbons (Fsp3) is 0.237. The fourth-order valence-corrected chi connectivity index (χ4v) is 18.6. The number of carboxylic acids is 1. The number of halogens is 1. The molecule has 32 heteroatoms. The first kappa shape index (κ1) is 95.0. The van der Waals surface area contributed by atoms with Gasteiger partial charge in [0.2, 0.25) is 0 Å². The monoisotopic (exact) mass is 1710 g/mol. The summed E-state index contributed by atoms with van der Waals surface area (Å²) >= 11 is 4.55. The number of esters is 2. The van der Waals surface area contributed by atoms with Gasteiger partial charge in [-0.1, -0.05) is 216 Å². The van der Waals surface area contributed by atoms with Crippen molar-refractivity contribution in [2.45, 2.75) is 136 Å². The van der Waals surface area contributed by atoms with Crippen LogP contribution in [0.3, 0.4) is 0 Å². The second-order valence-electron chi connectivity index (χ2n) is 28.3. The molecule has 4 heterocycles. The molecule has 3 aromatic heterocycles. The van der Waals surface area contributed by atoms with Gasteiger partial charge in [-0.25, -0.2) is 39.6 Å². The second-order valence-corrected chi connectivity index (χ2v) is 40.1. The van der Waals surface area contributed by atoms with E-state index in [2.05, 4.69) is 60.1 Å². The van der Waals surface area contributed by atoms with Crippen molar-refractivity contribution in [2.75, 3.05) is 29.4 Å². The maximum atomic E-state index is 12.9. The Labute approximate surface area is 719 Å². The number of carbonyl (C=O) groups excluding carboxylic acids is 2. The molecule has 1 aliphatic heterocycles. The Kier molecular flexibility index (Phi) is 33.2. The number of anilines is 3. The molecule has 12 rings (SSSR count). The van der Waals surface area contributed by atoms with Crippen LogP contribution in [-0.2, 0) is 70.3 Å². The van der Waals surface area contributed by atoms with Crippen molar-refractivity contribution < 1.29 is 132 Å². The number of nitrogen functional groups attached to an aromatic ring is 1. The van der Waals surface area contributed by atoms with Gasteiger partial charge in [-0.2, -0.15) is 24.0 Å². The molecule has 5 N–H and O–H groups in total. The topological polar surface area (TPSA) is 359 Å². The van der Waals surface area contributed by atoms with Crippen molar-refractivity contribution in [1.82, 2.24) is 0 Å². The summed E-state index contributed by atoms with van der Waals surface area (Å²) in [6, 6.07) is 57.0. The zero-order valence-electron chi connectivity index (χ0n) is 64.7. The van der Waals surface area contributed by atoms with Crippen LogP contribution >= 0.6 is 56.5 Å². The molecule has 0 bridgehead atoms. The SMILES string of the molecule is CC#N.CC(C)(C)c1ccc(S(=O)(=O)Cl)cc1.CC(C)(C)c1ccc(S(=O)(=O)N=C2C(=C([O-])[O-])Sc3ccccc32)cc1.CC(C)(C)c1ccc(S(=O)(=O)Nc2c(C(=O)O)sc3ccccc23)cc1.COC(=O)c1sc2ccccc2c1N.COC(=O)c1sc2ccccc2c1NS(=O)(=O)c1ccc(C(C)(C)C)cc1.[Na+].[Na+]. The molecular formula is C80H82ClN5Na2O16S8. The van der Waals surface area contributed by atoms with E-state index in [4.69, 9.17) is 26.4 Å². The van der Waals surface area contributed by atoms with Crippen LogP contribution in [0.15, 0.2) is 234 Å². The summed E-state index contributed by atoms with van der Waals surface area (Å²) < 4.78 is 120. The number of nitrogens with zero attached hydrogens (tertiary/aromatic N) is 2. The number of thiophene rings is 3. The summed E-state index contributed by atoms with van der Waals surface area (Å²) in [4.78, 5) is 36.5. The number of carbonyl (C=O) groups is 3. The van der Waals surface area contributed by atoms with Crippen LogP contribution in [0.2, 0.25) is 0 Å². The van der Waals surface area contributed by atoms with Crippen molar-refractivity contribution in [2.24, 2.45) is 4.40 Å². The third-order valence-corrected chi connectivity index (χ3v) is 26.3. The minimum Gasteiger partial charge on any atom is -0.883 e. The van der Waals surface area contributed by atoms with Crippen molar-refractivity contribution >= 4 is 167 Å². The van der Waals surface area contributed by atoms with E-state index < -0.39 is 57.0 Å². The molecule has 0 aliphatic carbocycles. The Morgan fingerprint density at radius 1 is 0.482 bits per heavy atom. The number of sulfonamides is 3. The van der Waals surface area contributed by atoms with E-state index in [9.17, 15) is 63.4 Å². The maximum Gasteiger partial charge on any atom is 1.00 e. The number of thioether (sulfide) groups is 1. The average molecular weight is 1710 g/mol. The molecule has 112 heavy (non-hydrogen) atoms. The molecule has 0 amide bonds. The molecule has 0 spiro atoms. The number of hydrogen-bond acceptors (Lipinski definition) is 21. The van der Waals surface area contributed by atoms with Crippen LogP contribution in [0.25, 0.3) is 30.3 Å². The summed E-state index contributed by atoms with van der Waals surface area (Å²) in [5, 5.41) is 41.7. The molecule has 21 nitrogen and oxygen atoms in total. The van der Waals surface area contributed by atoms with Gasteiger partial charge in [0.25, 0.3) is 39.1 Å². The Bertz CT molecular complexity index is 5800. The molecule has 0 unspecified atom stereocenters. The second kappa shape index (κ2) is 39.2. The first-order chi connectivity index (χ1) is 51.2. The summed E-state index contributed by atoms with van der Waals surface area (Å²) in [6.45, 7) is 26.1. The van der Waals surface area contributed by atoms with Gasteiger partial charge in [0.15, 0.2) is 0 Å². The summed E-state index contributed by atoms with van der Waals surface area (Å²) in [5.41, 5.74) is 11.0. The number of nitrogens with two attached hydrogens (primary N) is 1. The molecule has 0 saturated heterocycles. The van der Waals surface area contributed by atoms with Crippen molar-refractivity contribution in [3.05, 3.63) is 247 Å². The minimum absolute atomic E-state index is 0. The third kappa shape index (κ3) is 24.5. The van der Waals surface area contributed by atoms with Crippen LogP contribution in [0, 0.1) is 11.3 Å². The Morgan fingerprint density at radius 3 is 1.15 bits per heavy atom. The number of ether oxygens (including phenoxy) is 2. The number of aromatic carboxylic acids is 1. The third-order valence-electron chi connectivity index (χ3n) is 16.3. The minimum atomic E-state index is -4.05. The molecule has 0 radical (unpaired) electrons. The van der Waals surface area contributed by atoms with Gasteiger partial charge in [-0.15, -0.1) is 34.0 Å². The number of nitriles is 1. The van der Waals surface area contributed by atoms with Gasteiger partial charge in [0.1, 0.15) is 14.6 Å². The van der Waals surface area contributed by atoms with Crippen LogP contribution in [0.4, 0.5) is 17.1 Å².